The molecule has 0 aliphatic carbocycles. The lowest BCUT2D eigenvalue weighted by molar-refractivity contribution is -0.126. The summed E-state index contributed by atoms with van der Waals surface area (Å²) in [5.74, 6) is 0.127. The molecule has 1 aliphatic rings. The zero-order valence-corrected chi connectivity index (χ0v) is 12.4. The largest absolute Gasteiger partial charge is 0.387 e. The number of benzene rings is 1. The summed E-state index contributed by atoms with van der Waals surface area (Å²) in [4.78, 5) is 13.8. The van der Waals surface area contributed by atoms with Crippen molar-refractivity contribution in [3.05, 3.63) is 34.9 Å². The van der Waals surface area contributed by atoms with Gasteiger partial charge in [-0.3, -0.25) is 9.69 Å². The molecule has 110 valence electrons. The van der Waals surface area contributed by atoms with Gasteiger partial charge in [0.2, 0.25) is 5.91 Å². The van der Waals surface area contributed by atoms with Gasteiger partial charge in [-0.15, -0.1) is 0 Å². The maximum atomic E-state index is 11.7. The van der Waals surface area contributed by atoms with E-state index in [9.17, 15) is 9.90 Å². The van der Waals surface area contributed by atoms with Gasteiger partial charge in [-0.25, -0.2) is 0 Å². The van der Waals surface area contributed by atoms with Crippen LogP contribution in [-0.4, -0.2) is 42.6 Å². The quantitative estimate of drug-likeness (QED) is 0.891. The topological polar surface area (TPSA) is 52.6 Å². The van der Waals surface area contributed by atoms with Gasteiger partial charge in [-0.2, -0.15) is 0 Å². The Hall–Kier alpha value is -1.10. The van der Waals surface area contributed by atoms with Gasteiger partial charge in [0.25, 0.3) is 0 Å². The van der Waals surface area contributed by atoms with E-state index in [0.29, 0.717) is 18.1 Å². The van der Waals surface area contributed by atoms with E-state index in [0.717, 1.165) is 24.9 Å². The fraction of sp³-hybridized carbons (Fsp3) is 0.533. The molecule has 2 N–H and O–H groups in total. The molecule has 2 rings (SSSR count). The summed E-state index contributed by atoms with van der Waals surface area (Å²) in [6, 6.07) is 7.24. The average molecular weight is 297 g/mol. The van der Waals surface area contributed by atoms with E-state index in [1.54, 1.807) is 19.2 Å². The highest BCUT2D eigenvalue weighted by atomic mass is 35.5. The van der Waals surface area contributed by atoms with E-state index in [4.69, 9.17) is 11.6 Å². The Morgan fingerprint density at radius 1 is 1.50 bits per heavy atom. The number of rotatable bonds is 4. The summed E-state index contributed by atoms with van der Waals surface area (Å²) in [6.07, 6.45) is 1.37. The first kappa shape index (κ1) is 15.3. The second-order valence-corrected chi connectivity index (χ2v) is 5.72. The average Bonchev–Trinajstić information content (AvgIpc) is 2.47. The van der Waals surface area contributed by atoms with Crippen molar-refractivity contribution >= 4 is 17.5 Å². The molecule has 1 heterocycles. The van der Waals surface area contributed by atoms with E-state index in [1.807, 2.05) is 12.1 Å². The van der Waals surface area contributed by atoms with Crippen molar-refractivity contribution in [1.29, 1.82) is 0 Å². The van der Waals surface area contributed by atoms with E-state index >= 15 is 0 Å². The van der Waals surface area contributed by atoms with Crippen molar-refractivity contribution in [3.8, 4) is 0 Å². The molecule has 1 aliphatic heterocycles. The number of carbonyl (C=O) groups is 1. The molecule has 1 amide bonds. The van der Waals surface area contributed by atoms with Gasteiger partial charge in [0, 0.05) is 25.2 Å². The summed E-state index contributed by atoms with van der Waals surface area (Å²) in [5.41, 5.74) is 0.858. The predicted molar refractivity (Wildman–Crippen MR) is 79.6 cm³/mol. The van der Waals surface area contributed by atoms with Crippen molar-refractivity contribution in [1.82, 2.24) is 10.2 Å². The number of β-amino-alcohol motifs (C(OH)–C–C–N with tert-alkyl or cyclic N) is 1. The molecular formula is C15H21ClN2O2. The maximum Gasteiger partial charge on any atom is 0.224 e. The number of aliphatic hydroxyl groups is 1. The van der Waals surface area contributed by atoms with Crippen molar-refractivity contribution in [2.45, 2.75) is 18.9 Å². The first-order valence-corrected chi connectivity index (χ1v) is 7.35. The monoisotopic (exact) mass is 296 g/mol. The molecule has 1 aromatic rings. The lowest BCUT2D eigenvalue weighted by atomic mass is 9.96. The Morgan fingerprint density at radius 3 is 2.85 bits per heavy atom. The third kappa shape index (κ3) is 3.95. The number of nitrogens with one attached hydrogen (secondary N) is 1. The van der Waals surface area contributed by atoms with Crippen molar-refractivity contribution in [2.75, 3.05) is 26.7 Å². The van der Waals surface area contributed by atoms with Gasteiger partial charge in [0.1, 0.15) is 0 Å². The molecule has 0 spiro atoms. The SMILES string of the molecule is CNC(=O)C1CCCN(CC(O)c2ccc(Cl)cc2)C1. The van der Waals surface area contributed by atoms with Gasteiger partial charge in [-0.05, 0) is 37.1 Å². The van der Waals surface area contributed by atoms with Crippen LogP contribution in [0.3, 0.4) is 0 Å². The Bertz CT molecular complexity index is 450. The maximum absolute atomic E-state index is 11.7. The lowest BCUT2D eigenvalue weighted by Crippen LogP contribution is -2.43. The number of likely N-dealkylation sites (tertiary alicyclic amines) is 1. The van der Waals surface area contributed by atoms with Crippen LogP contribution in [0.2, 0.25) is 5.02 Å². The van der Waals surface area contributed by atoms with Crippen molar-refractivity contribution in [3.63, 3.8) is 0 Å². The fourth-order valence-corrected chi connectivity index (χ4v) is 2.80. The third-order valence-corrected chi connectivity index (χ3v) is 4.06. The first-order valence-electron chi connectivity index (χ1n) is 6.97. The molecule has 2 unspecified atom stereocenters. The molecule has 0 saturated carbocycles. The number of carbonyl (C=O) groups excluding carboxylic acids is 1. The molecule has 0 radical (unpaired) electrons. The number of amides is 1. The van der Waals surface area contributed by atoms with E-state index < -0.39 is 6.10 Å². The number of aliphatic hydroxyl groups excluding tert-OH is 1. The minimum atomic E-state index is -0.546. The first-order chi connectivity index (χ1) is 9.60. The smallest absolute Gasteiger partial charge is 0.224 e. The summed E-state index contributed by atoms with van der Waals surface area (Å²) >= 11 is 5.84. The van der Waals surface area contributed by atoms with Crippen LogP contribution in [-0.2, 0) is 4.79 Å². The number of nitrogens with zero attached hydrogens (tertiary/aromatic N) is 1. The number of hydrogen-bond acceptors (Lipinski definition) is 3. The minimum absolute atomic E-state index is 0.0335. The number of halogens is 1. The lowest BCUT2D eigenvalue weighted by Gasteiger charge is -2.33. The van der Waals surface area contributed by atoms with Gasteiger partial charge in [0.05, 0.1) is 12.0 Å². The normalized spacial score (nSPS) is 21.4. The van der Waals surface area contributed by atoms with Crippen LogP contribution in [0.15, 0.2) is 24.3 Å². The predicted octanol–water partition coefficient (Wildman–Crippen LogP) is 1.83. The van der Waals surface area contributed by atoms with Gasteiger partial charge >= 0.3 is 0 Å². The summed E-state index contributed by atoms with van der Waals surface area (Å²) < 4.78 is 0. The molecule has 1 aromatic carbocycles. The van der Waals surface area contributed by atoms with E-state index in [1.165, 1.54) is 0 Å². The van der Waals surface area contributed by atoms with Crippen LogP contribution in [0.5, 0.6) is 0 Å². The van der Waals surface area contributed by atoms with Gasteiger partial charge in [0.15, 0.2) is 0 Å². The molecule has 0 aromatic heterocycles. The highest BCUT2D eigenvalue weighted by Crippen LogP contribution is 2.21. The van der Waals surface area contributed by atoms with Crippen LogP contribution >= 0.6 is 11.6 Å². The van der Waals surface area contributed by atoms with Crippen LogP contribution in [0.1, 0.15) is 24.5 Å². The number of piperidine rings is 1. The molecular weight excluding hydrogens is 276 g/mol. The molecule has 4 nitrogen and oxygen atoms in total. The van der Waals surface area contributed by atoms with Crippen LogP contribution in [0.25, 0.3) is 0 Å². The second kappa shape index (κ2) is 7.07. The molecule has 20 heavy (non-hydrogen) atoms. The Labute approximate surface area is 124 Å². The third-order valence-electron chi connectivity index (χ3n) is 3.81. The molecule has 2 atom stereocenters. The molecule has 5 heteroatoms. The minimum Gasteiger partial charge on any atom is -0.387 e. The summed E-state index contributed by atoms with van der Waals surface area (Å²) in [5, 5.41) is 13.6. The Balaban J connectivity index is 1.92. The zero-order chi connectivity index (χ0) is 14.5. The van der Waals surface area contributed by atoms with Crippen molar-refractivity contribution in [2.24, 2.45) is 5.92 Å². The van der Waals surface area contributed by atoms with Crippen LogP contribution < -0.4 is 5.32 Å². The van der Waals surface area contributed by atoms with E-state index in [-0.39, 0.29) is 11.8 Å². The van der Waals surface area contributed by atoms with Crippen molar-refractivity contribution < 1.29 is 9.90 Å². The Kier molecular flexibility index (Phi) is 5.40. The second-order valence-electron chi connectivity index (χ2n) is 5.28. The standard InChI is InChI=1S/C15H21ClN2O2/c1-17-15(20)12-3-2-8-18(9-12)10-14(19)11-4-6-13(16)7-5-11/h4-7,12,14,19H,2-3,8-10H2,1H3,(H,17,20). The number of hydrogen-bond donors (Lipinski definition) is 2. The van der Waals surface area contributed by atoms with Gasteiger partial charge in [-0.1, -0.05) is 23.7 Å². The zero-order valence-electron chi connectivity index (χ0n) is 11.7. The van der Waals surface area contributed by atoms with E-state index in [2.05, 4.69) is 10.2 Å². The highest BCUT2D eigenvalue weighted by molar-refractivity contribution is 6.30. The highest BCUT2D eigenvalue weighted by Gasteiger charge is 2.26. The van der Waals surface area contributed by atoms with Crippen LogP contribution in [0.4, 0.5) is 0 Å². The molecule has 0 bridgehead atoms. The fourth-order valence-electron chi connectivity index (χ4n) is 2.67. The van der Waals surface area contributed by atoms with Crippen LogP contribution in [0, 0.1) is 5.92 Å². The molecule has 1 fully saturated rings. The Morgan fingerprint density at radius 2 is 2.20 bits per heavy atom. The van der Waals surface area contributed by atoms with Gasteiger partial charge < -0.3 is 10.4 Å². The summed E-state index contributed by atoms with van der Waals surface area (Å²) in [7, 11) is 1.67. The molecule has 1 saturated heterocycles. The summed E-state index contributed by atoms with van der Waals surface area (Å²) in [6.45, 7) is 2.19.